The van der Waals surface area contributed by atoms with Gasteiger partial charge in [0.25, 0.3) is 0 Å². The lowest BCUT2D eigenvalue weighted by Crippen LogP contribution is -2.34. The van der Waals surface area contributed by atoms with Crippen LogP contribution in [0.15, 0.2) is 103 Å². The summed E-state index contributed by atoms with van der Waals surface area (Å²) in [6, 6.07) is 29.8. The van der Waals surface area contributed by atoms with Crippen LogP contribution >= 0.6 is 0 Å². The molecule has 1 aliphatic heterocycles. The number of para-hydroxylation sites is 1. The molecule has 0 bridgehead atoms. The molecule has 0 saturated carbocycles. The van der Waals surface area contributed by atoms with Crippen molar-refractivity contribution in [1.29, 1.82) is 0 Å². The largest absolute Gasteiger partial charge is 0.497 e. The third kappa shape index (κ3) is 6.68. The highest BCUT2D eigenvalue weighted by atomic mass is 32.2. The van der Waals surface area contributed by atoms with Crippen LogP contribution in [0, 0.1) is 0 Å². The average molecular weight is 622 g/mol. The first kappa shape index (κ1) is 30.1. The zero-order valence-corrected chi connectivity index (χ0v) is 25.3. The van der Waals surface area contributed by atoms with Crippen LogP contribution in [0.5, 0.6) is 11.5 Å². The summed E-state index contributed by atoms with van der Waals surface area (Å²) in [7, 11) is -5.73. The molecule has 1 unspecified atom stereocenters. The summed E-state index contributed by atoms with van der Waals surface area (Å²) in [5.41, 5.74) is 1.87. The Morgan fingerprint density at radius 2 is 1.28 bits per heavy atom. The number of nitrogens with zero attached hydrogens (tertiary/aromatic N) is 1. The molecule has 224 valence electrons. The number of cyclic esters (lactones) is 1. The number of benzene rings is 4. The molecule has 9 nitrogen and oxygen atoms in total. The van der Waals surface area contributed by atoms with Gasteiger partial charge < -0.3 is 18.6 Å². The SMILES string of the molecule is COc1ccc(C2(c3ccc(OS(=O)(=O)CCN(CCS(C)(=O)=O)c4ccccc4)cc3)OC(=O)c3ccccc32)cc1. The molecule has 0 spiro atoms. The normalized spacial score (nSPS) is 16.3. The molecule has 1 aliphatic rings. The molecule has 4 aromatic rings. The molecule has 0 aliphatic carbocycles. The van der Waals surface area contributed by atoms with E-state index in [-0.39, 0.29) is 30.3 Å². The van der Waals surface area contributed by atoms with E-state index in [2.05, 4.69) is 0 Å². The summed E-state index contributed by atoms with van der Waals surface area (Å²) in [5, 5.41) is 0. The fraction of sp³-hybridized carbons (Fsp3) is 0.219. The maximum Gasteiger partial charge on any atom is 0.340 e. The van der Waals surface area contributed by atoms with Gasteiger partial charge in [-0.25, -0.2) is 13.2 Å². The molecule has 0 aromatic heterocycles. The second-order valence-electron chi connectivity index (χ2n) is 10.2. The van der Waals surface area contributed by atoms with Crippen LogP contribution in [-0.4, -0.2) is 60.8 Å². The highest BCUT2D eigenvalue weighted by Crippen LogP contribution is 2.47. The smallest absolute Gasteiger partial charge is 0.340 e. The van der Waals surface area contributed by atoms with E-state index in [1.807, 2.05) is 30.3 Å². The summed E-state index contributed by atoms with van der Waals surface area (Å²) in [6.07, 6.45) is 1.14. The Hall–Kier alpha value is -4.35. The molecular formula is C32H31NO8S2. The molecule has 4 aromatic carbocycles. The van der Waals surface area contributed by atoms with Crippen molar-refractivity contribution in [3.8, 4) is 11.5 Å². The zero-order valence-electron chi connectivity index (χ0n) is 23.7. The van der Waals surface area contributed by atoms with Crippen LogP contribution in [0.25, 0.3) is 0 Å². The number of carbonyl (C=O) groups is 1. The van der Waals surface area contributed by atoms with Crippen LogP contribution in [-0.2, 0) is 30.3 Å². The van der Waals surface area contributed by atoms with Crippen LogP contribution in [0.1, 0.15) is 27.0 Å². The standard InChI is InChI=1S/C32H31NO8S2/c1-39-27-16-12-24(13-17-27)32(30-11-7-6-10-29(30)31(34)40-32)25-14-18-28(19-15-25)41-43(37,38)23-21-33(20-22-42(2,35)36)26-8-4-3-5-9-26/h3-19H,20-23H2,1-2H3. The number of hydrogen-bond acceptors (Lipinski definition) is 9. The number of ether oxygens (including phenoxy) is 2. The van der Waals surface area contributed by atoms with Crippen LogP contribution in [0.2, 0.25) is 0 Å². The first-order chi connectivity index (χ1) is 20.5. The Bertz CT molecular complexity index is 1810. The van der Waals surface area contributed by atoms with Gasteiger partial charge in [-0.3, -0.25) is 0 Å². The van der Waals surface area contributed by atoms with E-state index in [1.54, 1.807) is 72.7 Å². The van der Waals surface area contributed by atoms with Gasteiger partial charge in [0.2, 0.25) is 0 Å². The summed E-state index contributed by atoms with van der Waals surface area (Å²) < 4.78 is 66.3. The number of rotatable bonds is 12. The first-order valence-electron chi connectivity index (χ1n) is 13.5. The van der Waals surface area contributed by atoms with Crippen LogP contribution in [0.4, 0.5) is 5.69 Å². The van der Waals surface area contributed by atoms with Gasteiger partial charge in [0.15, 0.2) is 5.60 Å². The van der Waals surface area contributed by atoms with Crippen molar-refractivity contribution in [2.45, 2.75) is 5.60 Å². The molecule has 43 heavy (non-hydrogen) atoms. The van der Waals surface area contributed by atoms with Gasteiger partial charge >= 0.3 is 16.1 Å². The number of carbonyl (C=O) groups excluding carboxylic acids is 1. The molecule has 0 radical (unpaired) electrons. The van der Waals surface area contributed by atoms with Gasteiger partial charge in [0.1, 0.15) is 27.1 Å². The predicted octanol–water partition coefficient (Wildman–Crippen LogP) is 4.42. The molecule has 0 N–H and O–H groups in total. The predicted molar refractivity (Wildman–Crippen MR) is 164 cm³/mol. The average Bonchev–Trinajstić information content (AvgIpc) is 3.30. The van der Waals surface area contributed by atoms with E-state index >= 15 is 0 Å². The Morgan fingerprint density at radius 1 is 0.721 bits per heavy atom. The quantitative estimate of drug-likeness (QED) is 0.167. The number of methoxy groups -OCH3 is 1. The fourth-order valence-corrected chi connectivity index (χ4v) is 6.56. The van der Waals surface area contributed by atoms with Gasteiger partial charge in [0.05, 0.1) is 18.4 Å². The molecule has 11 heteroatoms. The van der Waals surface area contributed by atoms with Crippen molar-refractivity contribution >= 4 is 31.6 Å². The molecule has 1 atom stereocenters. The molecule has 1 heterocycles. The van der Waals surface area contributed by atoms with E-state index in [0.29, 0.717) is 33.7 Å². The fourth-order valence-electron chi connectivity index (χ4n) is 5.08. The Kier molecular flexibility index (Phi) is 8.48. The van der Waals surface area contributed by atoms with Gasteiger partial charge in [-0.15, -0.1) is 0 Å². The second kappa shape index (κ2) is 12.1. The highest BCUT2D eigenvalue weighted by Gasteiger charge is 2.48. The Labute approximate surface area is 251 Å². The minimum absolute atomic E-state index is 0.0350. The van der Waals surface area contributed by atoms with E-state index in [4.69, 9.17) is 13.7 Å². The topological polar surface area (TPSA) is 116 Å². The molecular weight excluding hydrogens is 590 g/mol. The summed E-state index contributed by atoms with van der Waals surface area (Å²) in [6.45, 7) is 0.175. The van der Waals surface area contributed by atoms with Gasteiger partial charge in [0, 0.05) is 41.7 Å². The zero-order chi connectivity index (χ0) is 30.7. The highest BCUT2D eigenvalue weighted by molar-refractivity contribution is 7.90. The van der Waals surface area contributed by atoms with Gasteiger partial charge in [-0.1, -0.05) is 60.7 Å². The minimum atomic E-state index is -4.05. The number of esters is 1. The van der Waals surface area contributed by atoms with Crippen molar-refractivity contribution in [2.75, 3.05) is 42.9 Å². The summed E-state index contributed by atoms with van der Waals surface area (Å²) in [4.78, 5) is 14.7. The molecule has 0 saturated heterocycles. The Morgan fingerprint density at radius 3 is 1.88 bits per heavy atom. The number of fused-ring (bicyclic) bond motifs is 1. The van der Waals surface area contributed by atoms with Gasteiger partial charge in [-0.05, 0) is 42.5 Å². The molecule has 5 rings (SSSR count). The molecule has 0 amide bonds. The first-order valence-corrected chi connectivity index (χ1v) is 17.1. The third-order valence-corrected chi connectivity index (χ3v) is 9.27. The van der Waals surface area contributed by atoms with Crippen molar-refractivity contribution in [2.24, 2.45) is 0 Å². The maximum absolute atomic E-state index is 13.0. The van der Waals surface area contributed by atoms with Crippen molar-refractivity contribution in [1.82, 2.24) is 0 Å². The lowest BCUT2D eigenvalue weighted by Gasteiger charge is -2.30. The summed E-state index contributed by atoms with van der Waals surface area (Å²) >= 11 is 0. The van der Waals surface area contributed by atoms with Crippen molar-refractivity contribution in [3.63, 3.8) is 0 Å². The van der Waals surface area contributed by atoms with Gasteiger partial charge in [-0.2, -0.15) is 8.42 Å². The number of sulfone groups is 1. The lowest BCUT2D eigenvalue weighted by molar-refractivity contribution is 0.0251. The van der Waals surface area contributed by atoms with E-state index in [0.717, 1.165) is 6.26 Å². The second-order valence-corrected chi connectivity index (χ2v) is 14.1. The minimum Gasteiger partial charge on any atom is -0.497 e. The summed E-state index contributed by atoms with van der Waals surface area (Å²) in [5.74, 6) is -0.211. The van der Waals surface area contributed by atoms with Crippen LogP contribution in [0.3, 0.4) is 0 Å². The monoisotopic (exact) mass is 621 g/mol. The van der Waals surface area contributed by atoms with Crippen molar-refractivity contribution < 1.29 is 35.3 Å². The van der Waals surface area contributed by atoms with E-state index in [9.17, 15) is 21.6 Å². The number of hydrogen-bond donors (Lipinski definition) is 0. The third-order valence-electron chi connectivity index (χ3n) is 7.22. The maximum atomic E-state index is 13.0. The number of anilines is 1. The lowest BCUT2D eigenvalue weighted by atomic mass is 9.80. The van der Waals surface area contributed by atoms with E-state index in [1.165, 1.54) is 12.1 Å². The van der Waals surface area contributed by atoms with E-state index < -0.39 is 31.5 Å². The molecule has 0 fully saturated rings. The van der Waals surface area contributed by atoms with Crippen molar-refractivity contribution in [3.05, 3.63) is 125 Å². The Balaban J connectivity index is 1.38. The van der Waals surface area contributed by atoms with Crippen LogP contribution < -0.4 is 13.8 Å².